The molecule has 0 aromatic rings. The van der Waals surface area contributed by atoms with Crippen molar-refractivity contribution >= 4 is 17.7 Å². The van der Waals surface area contributed by atoms with Crippen LogP contribution < -0.4 is 0 Å². The molecule has 2 N–H and O–H groups in total. The first-order valence-corrected chi connectivity index (χ1v) is 3.40. The summed E-state index contributed by atoms with van der Waals surface area (Å²) in [6.07, 6.45) is 0. The third-order valence-electron chi connectivity index (χ3n) is 0. The molecule has 0 bridgehead atoms. The monoisotopic (exact) mass is 144 g/mol. The second-order valence-electron chi connectivity index (χ2n) is 0.247. The fourth-order valence-electron chi connectivity index (χ4n) is 0. The molecule has 0 saturated carbocycles. The van der Waals surface area contributed by atoms with Crippen LogP contribution in [-0.2, 0) is 0 Å². The van der Waals surface area contributed by atoms with Crippen molar-refractivity contribution in [3.05, 3.63) is 0 Å². The van der Waals surface area contributed by atoms with Crippen LogP contribution in [-0.4, -0.2) is 23.2 Å². The molecular weight excluding hydrogens is 143 g/mol. The van der Waals surface area contributed by atoms with Gasteiger partial charge in [0.05, 0.1) is 0 Å². The van der Waals surface area contributed by atoms with Gasteiger partial charge in [0.1, 0.15) is 0 Å². The third-order valence-corrected chi connectivity index (χ3v) is 0. The van der Waals surface area contributed by atoms with Gasteiger partial charge in [-0.05, 0) is 0 Å². The molecule has 0 radical (unpaired) electrons. The molecule has 5 heavy (non-hydrogen) atoms. The van der Waals surface area contributed by atoms with Gasteiger partial charge in [-0.1, -0.05) is 0 Å². The Balaban J connectivity index is 0. The van der Waals surface area contributed by atoms with Gasteiger partial charge in [-0.2, -0.15) is 0 Å². The first-order chi connectivity index (χ1) is 1.73. The SMILES string of the molecule is O.[F][Ga]([F])[F]. The first kappa shape index (κ1) is 9.04. The van der Waals surface area contributed by atoms with E-state index in [2.05, 4.69) is 0 Å². The molecule has 0 atom stereocenters. The second kappa shape index (κ2) is 4.39. The molecule has 0 fully saturated rings. The second-order valence-corrected chi connectivity index (χ2v) is 1.29. The van der Waals surface area contributed by atoms with Crippen LogP contribution in [0.3, 0.4) is 0 Å². The molecule has 0 spiro atoms. The number of hydrogen-bond acceptors (Lipinski definition) is 0. The maximum absolute atomic E-state index is 9.85. The Hall–Kier alpha value is 0.386. The van der Waals surface area contributed by atoms with Crippen LogP contribution in [0.1, 0.15) is 0 Å². The van der Waals surface area contributed by atoms with Crippen LogP contribution in [0.25, 0.3) is 0 Å². The molecule has 0 heterocycles. The summed E-state index contributed by atoms with van der Waals surface area (Å²) in [4.78, 5) is 0. The van der Waals surface area contributed by atoms with Crippen LogP contribution in [0.4, 0.5) is 9.86 Å². The summed E-state index contributed by atoms with van der Waals surface area (Å²) in [5, 5.41) is 0. The van der Waals surface area contributed by atoms with Crippen molar-refractivity contribution in [3.63, 3.8) is 0 Å². The van der Waals surface area contributed by atoms with Gasteiger partial charge in [0.25, 0.3) is 0 Å². The molecule has 0 amide bonds. The summed E-state index contributed by atoms with van der Waals surface area (Å²) in [5.41, 5.74) is 0. The fraction of sp³-hybridized carbons (Fsp3) is 0. The predicted molar refractivity (Wildman–Crippen MR) is 12.7 cm³/mol. The van der Waals surface area contributed by atoms with Gasteiger partial charge in [-0.3, -0.25) is 0 Å². The van der Waals surface area contributed by atoms with E-state index in [0.717, 1.165) is 0 Å². The Bertz CT molecular complexity index is 11.6. The number of halogens is 3. The van der Waals surface area contributed by atoms with E-state index in [0.29, 0.717) is 0 Å². The maximum atomic E-state index is 9.85. The van der Waals surface area contributed by atoms with Gasteiger partial charge in [-0.25, -0.2) is 0 Å². The zero-order chi connectivity index (χ0) is 3.58. The van der Waals surface area contributed by atoms with Crippen LogP contribution in [0.2, 0.25) is 0 Å². The molecule has 0 aliphatic rings. The average Bonchev–Trinajstić information content (AvgIpc) is 0.811. The van der Waals surface area contributed by atoms with E-state index in [1.165, 1.54) is 0 Å². The van der Waals surface area contributed by atoms with Gasteiger partial charge in [0.15, 0.2) is 0 Å². The van der Waals surface area contributed by atoms with Crippen molar-refractivity contribution in [1.82, 2.24) is 0 Å². The third kappa shape index (κ3) is 167. The van der Waals surface area contributed by atoms with E-state index in [4.69, 9.17) is 0 Å². The van der Waals surface area contributed by atoms with Crippen molar-refractivity contribution in [3.8, 4) is 0 Å². The standard InChI is InChI=1S/3FH.Ga.H2O/h3*1H;;1H2/q;;;+3;/p-3. The normalized spacial score (nSPS) is 5.40. The average molecular weight is 145 g/mol. The van der Waals surface area contributed by atoms with E-state index in [1.807, 2.05) is 0 Å². The van der Waals surface area contributed by atoms with Gasteiger partial charge < -0.3 is 5.48 Å². The van der Waals surface area contributed by atoms with Gasteiger partial charge in [0.2, 0.25) is 0 Å². The molecule has 0 unspecified atom stereocenters. The van der Waals surface area contributed by atoms with Crippen molar-refractivity contribution in [2.75, 3.05) is 0 Å². The summed E-state index contributed by atoms with van der Waals surface area (Å²) >= 11 is -4.98. The van der Waals surface area contributed by atoms with E-state index in [9.17, 15) is 9.86 Å². The Morgan fingerprint density at radius 1 is 1.00 bits per heavy atom. The molecule has 5 heteroatoms. The molecule has 0 aliphatic heterocycles. The summed E-state index contributed by atoms with van der Waals surface area (Å²) in [7, 11) is 0. The number of rotatable bonds is 0. The number of hydrogen-bond donors (Lipinski definition) is 0. The molecule has 0 saturated heterocycles. The minimum atomic E-state index is -4.98. The van der Waals surface area contributed by atoms with Crippen molar-refractivity contribution < 1.29 is 15.3 Å². The predicted octanol–water partition coefficient (Wildman–Crippen LogP) is 0.0551. The minimum absolute atomic E-state index is 0. The Morgan fingerprint density at radius 2 is 1.00 bits per heavy atom. The van der Waals surface area contributed by atoms with E-state index < -0.39 is 17.7 Å². The molecule has 0 aromatic carbocycles. The Kier molecular flexibility index (Phi) is 7.93. The van der Waals surface area contributed by atoms with Crippen LogP contribution in [0.5, 0.6) is 0 Å². The van der Waals surface area contributed by atoms with E-state index >= 15 is 0 Å². The zero-order valence-corrected chi connectivity index (χ0v) is 4.63. The van der Waals surface area contributed by atoms with Crippen LogP contribution >= 0.6 is 0 Å². The van der Waals surface area contributed by atoms with E-state index in [1.54, 1.807) is 0 Å². The quantitative estimate of drug-likeness (QED) is 0.431. The summed E-state index contributed by atoms with van der Waals surface area (Å²) < 4.78 is 29.6. The van der Waals surface area contributed by atoms with E-state index in [-0.39, 0.29) is 5.48 Å². The van der Waals surface area contributed by atoms with Crippen LogP contribution in [0.15, 0.2) is 0 Å². The summed E-state index contributed by atoms with van der Waals surface area (Å²) in [6.45, 7) is 0. The Labute approximate surface area is 33.9 Å². The fourth-order valence-corrected chi connectivity index (χ4v) is 0. The summed E-state index contributed by atoms with van der Waals surface area (Å²) in [6, 6.07) is 0. The van der Waals surface area contributed by atoms with Crippen molar-refractivity contribution in [2.45, 2.75) is 0 Å². The molecule has 0 aromatic heterocycles. The first-order valence-electron chi connectivity index (χ1n) is 0.655. The molecule has 1 nitrogen and oxygen atoms in total. The molecule has 0 aliphatic carbocycles. The topological polar surface area (TPSA) is 31.5 Å². The summed E-state index contributed by atoms with van der Waals surface area (Å²) in [5.74, 6) is 0. The van der Waals surface area contributed by atoms with Gasteiger partial charge in [-0.15, -0.1) is 0 Å². The van der Waals surface area contributed by atoms with Gasteiger partial charge in [0, 0.05) is 0 Å². The zero-order valence-electron chi connectivity index (χ0n) is 2.21. The Morgan fingerprint density at radius 3 is 1.00 bits per heavy atom. The van der Waals surface area contributed by atoms with Gasteiger partial charge >= 0.3 is 27.6 Å². The van der Waals surface area contributed by atoms with Crippen LogP contribution in [0, 0.1) is 0 Å². The molecule has 32 valence electrons. The van der Waals surface area contributed by atoms with Crippen molar-refractivity contribution in [2.24, 2.45) is 0 Å². The molecule has 0 rings (SSSR count). The molecular formula is H2F3GaO. The van der Waals surface area contributed by atoms with Crippen molar-refractivity contribution in [1.29, 1.82) is 0 Å².